The number of hydrogen-bond donors (Lipinski definition) is 6. The molecule has 3 aliphatic carbocycles. The van der Waals surface area contributed by atoms with E-state index in [-0.39, 0.29) is 29.7 Å². The minimum atomic E-state index is -2.65. The minimum Gasteiger partial charge on any atom is -0.508 e. The van der Waals surface area contributed by atoms with Crippen molar-refractivity contribution in [3.8, 4) is 5.75 Å². The SMILES string of the molecule is CCC(CC)CNCc1cc(N(C)C)c2c(c1O)C(O)=C1C(=O)[C@]3(O)C(O)=C(C(N)=O)C(=O)C(N(C)C)[C@@H]3C[C@@H]1C2. The van der Waals surface area contributed by atoms with Crippen LogP contribution in [0.4, 0.5) is 5.69 Å². The Morgan fingerprint density at radius 1 is 1.15 bits per heavy atom. The fourth-order valence-corrected chi connectivity index (χ4v) is 6.87. The highest BCUT2D eigenvalue weighted by molar-refractivity contribution is 6.24. The van der Waals surface area contributed by atoms with Crippen molar-refractivity contribution in [3.05, 3.63) is 39.7 Å². The Balaban J connectivity index is 1.88. The van der Waals surface area contributed by atoms with E-state index in [1.54, 1.807) is 14.1 Å². The van der Waals surface area contributed by atoms with Crippen molar-refractivity contribution in [2.24, 2.45) is 23.5 Å². The summed E-state index contributed by atoms with van der Waals surface area (Å²) in [6, 6.07) is 0.756. The number of carbonyl (C=O) groups is 3. The van der Waals surface area contributed by atoms with Gasteiger partial charge in [-0.1, -0.05) is 26.7 Å². The number of phenolic OH excluding ortho intramolecular Hbond substituents is 1. The number of likely N-dealkylation sites (N-methyl/N-ethyl adjacent to an activating group) is 1. The summed E-state index contributed by atoms with van der Waals surface area (Å²) in [5.74, 6) is -6.03. The van der Waals surface area contributed by atoms with Crippen LogP contribution in [0, 0.1) is 17.8 Å². The number of phenols is 1. The molecule has 0 saturated heterocycles. The number of primary amides is 1. The predicted molar refractivity (Wildman–Crippen MR) is 154 cm³/mol. The van der Waals surface area contributed by atoms with Crippen LogP contribution in [-0.2, 0) is 27.3 Å². The zero-order valence-corrected chi connectivity index (χ0v) is 24.6. The summed E-state index contributed by atoms with van der Waals surface area (Å²) in [7, 11) is 6.86. The normalized spacial score (nSPS) is 25.9. The molecular formula is C30H42N4O7. The number of nitrogens with one attached hydrogen (secondary N) is 1. The second-order valence-corrected chi connectivity index (χ2v) is 11.9. The van der Waals surface area contributed by atoms with E-state index < -0.39 is 58.0 Å². The summed E-state index contributed by atoms with van der Waals surface area (Å²) in [6.45, 7) is 5.33. The second kappa shape index (κ2) is 11.1. The van der Waals surface area contributed by atoms with Crippen molar-refractivity contribution in [3.63, 3.8) is 0 Å². The third kappa shape index (κ3) is 4.69. The number of Topliss-reactive ketones (excluding diaryl/α,β-unsaturated/α-hetero) is 2. The maximum Gasteiger partial charge on any atom is 0.255 e. The molecule has 3 aliphatic rings. The third-order valence-electron chi connectivity index (χ3n) is 9.16. The number of hydrogen-bond acceptors (Lipinski definition) is 10. The molecular weight excluding hydrogens is 528 g/mol. The Morgan fingerprint density at radius 2 is 1.78 bits per heavy atom. The van der Waals surface area contributed by atoms with Crippen LogP contribution >= 0.6 is 0 Å². The van der Waals surface area contributed by atoms with E-state index in [4.69, 9.17) is 5.73 Å². The molecule has 4 atom stereocenters. The highest BCUT2D eigenvalue weighted by Gasteiger charge is 2.64. The number of nitrogens with two attached hydrogens (primary N) is 1. The van der Waals surface area contributed by atoms with Crippen LogP contribution in [0.2, 0.25) is 0 Å². The first-order valence-electron chi connectivity index (χ1n) is 14.1. The number of rotatable bonds is 9. The van der Waals surface area contributed by atoms with E-state index in [0.717, 1.165) is 25.1 Å². The molecule has 7 N–H and O–H groups in total. The van der Waals surface area contributed by atoms with Crippen LogP contribution < -0.4 is 16.0 Å². The molecule has 11 heteroatoms. The summed E-state index contributed by atoms with van der Waals surface area (Å²) < 4.78 is 0. The number of carbonyl (C=O) groups excluding carboxylic acids is 3. The first-order chi connectivity index (χ1) is 19.2. The van der Waals surface area contributed by atoms with Crippen molar-refractivity contribution in [1.82, 2.24) is 10.2 Å². The van der Waals surface area contributed by atoms with Gasteiger partial charge in [0, 0.05) is 43.4 Å². The standard InChI is InChI=1S/C30H42N4O7/c1-7-14(8-2)12-32-13-16-11-19(33(3)4)17-9-15-10-18-23(34(5)6)26(37)22(29(31)40)28(39)30(18,41)27(38)20(15)25(36)21(17)24(16)35/h11,14-15,18,23,32,35-36,39,41H,7-10,12-13H2,1-6H3,(H2,31,40)/t15-,18-,23?,30-/m0/s1. The maximum absolute atomic E-state index is 14.1. The number of fused-ring (bicyclic) bond motifs is 3. The average molecular weight is 571 g/mol. The molecule has 1 amide bonds. The van der Waals surface area contributed by atoms with E-state index in [2.05, 4.69) is 19.2 Å². The highest BCUT2D eigenvalue weighted by atomic mass is 16.3. The lowest BCUT2D eigenvalue weighted by atomic mass is 9.57. The fraction of sp³-hybridized carbons (Fsp3) is 0.567. The Hall–Kier alpha value is -3.41. The number of anilines is 1. The Kier molecular flexibility index (Phi) is 8.28. The molecule has 0 bridgehead atoms. The smallest absolute Gasteiger partial charge is 0.255 e. The van der Waals surface area contributed by atoms with E-state index in [9.17, 15) is 34.8 Å². The van der Waals surface area contributed by atoms with Gasteiger partial charge < -0.3 is 36.4 Å². The predicted octanol–water partition coefficient (Wildman–Crippen LogP) is 1.56. The minimum absolute atomic E-state index is 0.0537. The fourth-order valence-electron chi connectivity index (χ4n) is 6.87. The highest BCUT2D eigenvalue weighted by Crippen LogP contribution is 2.54. The molecule has 11 nitrogen and oxygen atoms in total. The molecule has 224 valence electrons. The zero-order valence-electron chi connectivity index (χ0n) is 24.6. The second-order valence-electron chi connectivity index (χ2n) is 11.9. The number of aliphatic hydroxyl groups is 3. The molecule has 1 aromatic rings. The van der Waals surface area contributed by atoms with Gasteiger partial charge in [-0.15, -0.1) is 0 Å². The van der Waals surface area contributed by atoms with Crippen LogP contribution in [0.3, 0.4) is 0 Å². The van der Waals surface area contributed by atoms with Gasteiger partial charge in [-0.25, -0.2) is 0 Å². The number of nitrogens with zero attached hydrogens (tertiary/aromatic N) is 2. The molecule has 1 aromatic carbocycles. The molecule has 1 fully saturated rings. The van der Waals surface area contributed by atoms with Crippen LogP contribution in [0.25, 0.3) is 5.76 Å². The van der Waals surface area contributed by atoms with Crippen LogP contribution in [0.1, 0.15) is 49.8 Å². The van der Waals surface area contributed by atoms with Gasteiger partial charge in [-0.3, -0.25) is 19.3 Å². The van der Waals surface area contributed by atoms with Crippen molar-refractivity contribution in [1.29, 1.82) is 0 Å². The number of aliphatic hydroxyl groups excluding tert-OH is 2. The van der Waals surface area contributed by atoms with Crippen LogP contribution in [0.15, 0.2) is 23.0 Å². The monoisotopic (exact) mass is 570 g/mol. The summed E-state index contributed by atoms with van der Waals surface area (Å²) in [6.07, 6.45) is 2.33. The zero-order chi connectivity index (χ0) is 30.5. The first kappa shape index (κ1) is 30.5. The van der Waals surface area contributed by atoms with Gasteiger partial charge >= 0.3 is 0 Å². The Labute approximate surface area is 240 Å². The molecule has 1 saturated carbocycles. The third-order valence-corrected chi connectivity index (χ3v) is 9.16. The first-order valence-corrected chi connectivity index (χ1v) is 14.1. The van der Waals surface area contributed by atoms with Crippen molar-refractivity contribution in [2.45, 2.75) is 57.7 Å². The molecule has 41 heavy (non-hydrogen) atoms. The van der Waals surface area contributed by atoms with Gasteiger partial charge in [0.05, 0.1) is 11.6 Å². The molecule has 0 aliphatic heterocycles. The number of aromatic hydroxyl groups is 1. The van der Waals surface area contributed by atoms with E-state index in [1.807, 2.05) is 25.1 Å². The Morgan fingerprint density at radius 3 is 2.32 bits per heavy atom. The molecule has 0 radical (unpaired) electrons. The van der Waals surface area contributed by atoms with Gasteiger partial charge in [0.15, 0.2) is 11.4 Å². The number of ketones is 2. The van der Waals surface area contributed by atoms with E-state index >= 15 is 0 Å². The van der Waals surface area contributed by atoms with E-state index in [1.165, 1.54) is 4.90 Å². The molecule has 0 spiro atoms. The number of amides is 1. The van der Waals surface area contributed by atoms with Gasteiger partial charge in [0.25, 0.3) is 5.91 Å². The van der Waals surface area contributed by atoms with Gasteiger partial charge in [-0.2, -0.15) is 0 Å². The summed E-state index contributed by atoms with van der Waals surface area (Å²) >= 11 is 0. The largest absolute Gasteiger partial charge is 0.508 e. The lowest BCUT2D eigenvalue weighted by Gasteiger charge is -2.50. The van der Waals surface area contributed by atoms with Crippen molar-refractivity contribution in [2.75, 3.05) is 39.6 Å². The molecule has 0 heterocycles. The summed E-state index contributed by atoms with van der Waals surface area (Å²) in [5, 5.41) is 49.2. The van der Waals surface area contributed by atoms with E-state index in [0.29, 0.717) is 23.6 Å². The lowest BCUT2D eigenvalue weighted by Crippen LogP contribution is -2.65. The van der Waals surface area contributed by atoms with Crippen LogP contribution in [-0.4, -0.2) is 89.2 Å². The molecule has 1 unspecified atom stereocenters. The van der Waals surface area contributed by atoms with Crippen LogP contribution in [0.5, 0.6) is 5.75 Å². The van der Waals surface area contributed by atoms with Crippen molar-refractivity contribution >= 4 is 28.9 Å². The average Bonchev–Trinajstić information content (AvgIpc) is 2.89. The topological polar surface area (TPSA) is 177 Å². The Bertz CT molecular complexity index is 1340. The molecule has 4 rings (SSSR count). The summed E-state index contributed by atoms with van der Waals surface area (Å²) in [5.41, 5.74) is 3.81. The maximum atomic E-state index is 14.1. The molecule has 0 aromatic heterocycles. The van der Waals surface area contributed by atoms with Gasteiger partial charge in [-0.05, 0) is 56.9 Å². The summed E-state index contributed by atoms with van der Waals surface area (Å²) in [4.78, 5) is 42.8. The van der Waals surface area contributed by atoms with Gasteiger partial charge in [0.2, 0.25) is 5.78 Å². The number of benzene rings is 1. The quantitative estimate of drug-likeness (QED) is 0.239. The van der Waals surface area contributed by atoms with Gasteiger partial charge in [0.1, 0.15) is 22.8 Å². The lowest BCUT2D eigenvalue weighted by molar-refractivity contribution is -0.153. The van der Waals surface area contributed by atoms with Crippen molar-refractivity contribution < 1.29 is 34.8 Å².